The molecule has 0 amide bonds. The minimum atomic E-state index is -3.61. The molecule has 1 aromatic carbocycles. The normalized spacial score (nSPS) is 13.2. The van der Waals surface area contributed by atoms with Gasteiger partial charge in [0.15, 0.2) is 9.84 Å². The Labute approximate surface area is 138 Å². The van der Waals surface area contributed by atoms with Gasteiger partial charge in [-0.05, 0) is 51.5 Å². The lowest BCUT2D eigenvalue weighted by Crippen LogP contribution is -2.32. The maximum atomic E-state index is 12.5. The van der Waals surface area contributed by atoms with Crippen LogP contribution in [0, 0.1) is 5.92 Å². The monoisotopic (exact) mass is 340 g/mol. The van der Waals surface area contributed by atoms with Crippen LogP contribution in [-0.2, 0) is 19.4 Å². The minimum absolute atomic E-state index is 0.149. The molecule has 0 aromatic heterocycles. The van der Waals surface area contributed by atoms with Crippen molar-refractivity contribution >= 4 is 15.8 Å². The van der Waals surface area contributed by atoms with Crippen molar-refractivity contribution in [3.63, 3.8) is 0 Å². The second-order valence-electron chi connectivity index (χ2n) is 6.21. The van der Waals surface area contributed by atoms with E-state index in [-0.39, 0.29) is 17.1 Å². The fourth-order valence-electron chi connectivity index (χ4n) is 1.96. The lowest BCUT2D eigenvalue weighted by molar-refractivity contribution is -0.159. The van der Waals surface area contributed by atoms with Crippen molar-refractivity contribution in [2.75, 3.05) is 12.9 Å². The second kappa shape index (κ2) is 7.64. The highest BCUT2D eigenvalue weighted by molar-refractivity contribution is 7.91. The number of esters is 1. The van der Waals surface area contributed by atoms with Gasteiger partial charge in [-0.1, -0.05) is 6.08 Å². The van der Waals surface area contributed by atoms with Crippen molar-refractivity contribution in [3.8, 4) is 5.75 Å². The van der Waals surface area contributed by atoms with Crippen LogP contribution < -0.4 is 4.74 Å². The van der Waals surface area contributed by atoms with E-state index >= 15 is 0 Å². The molecule has 0 saturated heterocycles. The van der Waals surface area contributed by atoms with Crippen molar-refractivity contribution in [1.29, 1.82) is 0 Å². The molecule has 23 heavy (non-hydrogen) atoms. The fraction of sp³-hybridized carbons (Fsp3) is 0.471. The fourth-order valence-corrected chi connectivity index (χ4v) is 3.51. The highest BCUT2D eigenvalue weighted by Gasteiger charge is 2.29. The van der Waals surface area contributed by atoms with E-state index in [1.165, 1.54) is 25.3 Å². The van der Waals surface area contributed by atoms with E-state index in [2.05, 4.69) is 6.58 Å². The molecular weight excluding hydrogens is 316 g/mol. The van der Waals surface area contributed by atoms with Gasteiger partial charge in [0.1, 0.15) is 11.4 Å². The summed E-state index contributed by atoms with van der Waals surface area (Å²) in [5.74, 6) is -1.06. The van der Waals surface area contributed by atoms with Crippen LogP contribution in [0.2, 0.25) is 0 Å². The molecule has 0 spiro atoms. The van der Waals surface area contributed by atoms with Crippen molar-refractivity contribution in [2.24, 2.45) is 5.92 Å². The van der Waals surface area contributed by atoms with E-state index < -0.39 is 27.3 Å². The zero-order valence-corrected chi connectivity index (χ0v) is 14.9. The van der Waals surface area contributed by atoms with Crippen LogP contribution in [0.15, 0.2) is 41.8 Å². The van der Waals surface area contributed by atoms with Gasteiger partial charge in [0.25, 0.3) is 0 Å². The van der Waals surface area contributed by atoms with Gasteiger partial charge in [-0.15, -0.1) is 6.58 Å². The number of hydrogen-bond acceptors (Lipinski definition) is 5. The van der Waals surface area contributed by atoms with E-state index in [9.17, 15) is 13.2 Å². The van der Waals surface area contributed by atoms with Gasteiger partial charge >= 0.3 is 5.97 Å². The molecule has 5 nitrogen and oxygen atoms in total. The summed E-state index contributed by atoms with van der Waals surface area (Å²) in [4.78, 5) is 12.4. The first-order chi connectivity index (χ1) is 10.6. The molecule has 0 aliphatic rings. The Morgan fingerprint density at radius 1 is 1.26 bits per heavy atom. The SMILES string of the molecule is C=CC[C@@H](CS(=O)(=O)c1ccc(OC)cc1)C(=O)OC(C)(C)C. The molecule has 0 fully saturated rings. The molecule has 6 heteroatoms. The Morgan fingerprint density at radius 2 is 1.83 bits per heavy atom. The number of methoxy groups -OCH3 is 1. The lowest BCUT2D eigenvalue weighted by atomic mass is 10.1. The first-order valence-corrected chi connectivity index (χ1v) is 8.95. The maximum absolute atomic E-state index is 12.5. The summed E-state index contributed by atoms with van der Waals surface area (Å²) in [6, 6.07) is 6.08. The second-order valence-corrected chi connectivity index (χ2v) is 8.25. The maximum Gasteiger partial charge on any atom is 0.310 e. The van der Waals surface area contributed by atoms with Crippen LogP contribution in [0.3, 0.4) is 0 Å². The lowest BCUT2D eigenvalue weighted by Gasteiger charge is -2.23. The topological polar surface area (TPSA) is 69.7 Å². The minimum Gasteiger partial charge on any atom is -0.497 e. The summed E-state index contributed by atoms with van der Waals surface area (Å²) in [5.41, 5.74) is -0.666. The Hall–Kier alpha value is -1.82. The molecule has 0 N–H and O–H groups in total. The molecule has 1 aromatic rings. The van der Waals surface area contributed by atoms with Gasteiger partial charge in [-0.25, -0.2) is 8.42 Å². The van der Waals surface area contributed by atoms with Gasteiger partial charge in [0.05, 0.1) is 23.7 Å². The predicted octanol–water partition coefficient (Wildman–Crippen LogP) is 3.00. The first kappa shape index (κ1) is 19.2. The first-order valence-electron chi connectivity index (χ1n) is 7.29. The quantitative estimate of drug-likeness (QED) is 0.564. The summed E-state index contributed by atoms with van der Waals surface area (Å²) >= 11 is 0. The number of ether oxygens (including phenoxy) is 2. The predicted molar refractivity (Wildman–Crippen MR) is 89.2 cm³/mol. The Bertz CT molecular complexity index is 639. The van der Waals surface area contributed by atoms with Crippen LogP contribution >= 0.6 is 0 Å². The van der Waals surface area contributed by atoms with Crippen LogP contribution in [0.25, 0.3) is 0 Å². The zero-order valence-electron chi connectivity index (χ0n) is 14.0. The van der Waals surface area contributed by atoms with Crippen molar-refractivity contribution in [3.05, 3.63) is 36.9 Å². The van der Waals surface area contributed by atoms with E-state index in [0.717, 1.165) is 0 Å². The molecule has 128 valence electrons. The average Bonchev–Trinajstić information content (AvgIpc) is 2.45. The smallest absolute Gasteiger partial charge is 0.310 e. The molecular formula is C17H24O5S. The number of allylic oxidation sites excluding steroid dienone is 1. The van der Waals surface area contributed by atoms with E-state index in [0.29, 0.717) is 5.75 Å². The van der Waals surface area contributed by atoms with Gasteiger partial charge in [0, 0.05) is 0 Å². The molecule has 0 aliphatic carbocycles. The third kappa shape index (κ3) is 6.06. The van der Waals surface area contributed by atoms with E-state index in [1.54, 1.807) is 32.9 Å². The molecule has 0 heterocycles. The molecule has 0 unspecified atom stereocenters. The summed E-state index contributed by atoms with van der Waals surface area (Å²) in [7, 11) is -2.11. The van der Waals surface area contributed by atoms with Crippen molar-refractivity contribution in [1.82, 2.24) is 0 Å². The summed E-state index contributed by atoms with van der Waals surface area (Å²) in [5, 5.41) is 0. The molecule has 0 bridgehead atoms. The summed E-state index contributed by atoms with van der Waals surface area (Å²) < 4.78 is 35.3. The highest BCUT2D eigenvalue weighted by atomic mass is 32.2. The Balaban J connectivity index is 2.96. The molecule has 0 radical (unpaired) electrons. The van der Waals surface area contributed by atoms with E-state index in [1.807, 2.05) is 0 Å². The molecule has 0 saturated carbocycles. The van der Waals surface area contributed by atoms with Crippen LogP contribution in [0.1, 0.15) is 27.2 Å². The number of rotatable bonds is 7. The molecule has 1 rings (SSSR count). The molecule has 1 atom stereocenters. The van der Waals surface area contributed by atoms with Crippen LogP contribution in [-0.4, -0.2) is 32.9 Å². The van der Waals surface area contributed by atoms with Crippen molar-refractivity contribution < 1.29 is 22.7 Å². The standard InChI is InChI=1S/C17H24O5S/c1-6-7-13(16(18)22-17(2,3)4)12-23(19,20)15-10-8-14(21-5)9-11-15/h6,8-11,13H,1,7,12H2,2-5H3/t13-/m0/s1. The van der Waals surface area contributed by atoms with E-state index in [4.69, 9.17) is 9.47 Å². The van der Waals surface area contributed by atoms with Crippen molar-refractivity contribution in [2.45, 2.75) is 37.7 Å². The van der Waals surface area contributed by atoms with Gasteiger partial charge < -0.3 is 9.47 Å². The third-order valence-electron chi connectivity index (χ3n) is 3.03. The zero-order chi connectivity index (χ0) is 17.7. The number of carbonyl (C=O) groups is 1. The van der Waals surface area contributed by atoms with Gasteiger partial charge in [-0.3, -0.25) is 4.79 Å². The Kier molecular flexibility index (Phi) is 6.38. The largest absolute Gasteiger partial charge is 0.497 e. The number of hydrogen-bond donors (Lipinski definition) is 0. The Morgan fingerprint density at radius 3 is 2.26 bits per heavy atom. The van der Waals surface area contributed by atoms with Crippen LogP contribution in [0.4, 0.5) is 0 Å². The highest BCUT2D eigenvalue weighted by Crippen LogP contribution is 2.22. The number of benzene rings is 1. The van der Waals surface area contributed by atoms with Gasteiger partial charge in [-0.2, -0.15) is 0 Å². The summed E-state index contributed by atoms with van der Waals surface area (Å²) in [6.45, 7) is 8.82. The summed E-state index contributed by atoms with van der Waals surface area (Å²) in [6.07, 6.45) is 1.77. The number of sulfone groups is 1. The van der Waals surface area contributed by atoms with Gasteiger partial charge in [0.2, 0.25) is 0 Å². The molecule has 0 aliphatic heterocycles. The third-order valence-corrected chi connectivity index (χ3v) is 4.86. The number of carbonyl (C=O) groups excluding carboxylic acids is 1. The average molecular weight is 340 g/mol. The van der Waals surface area contributed by atoms with Crippen LogP contribution in [0.5, 0.6) is 5.75 Å².